The molecule has 0 unspecified atom stereocenters. The minimum absolute atomic E-state index is 0.454. The Balaban J connectivity index is 1.23. The molecule has 2 heteroatoms. The molecular formula is C53H33NO. The van der Waals surface area contributed by atoms with E-state index in [4.69, 9.17) is 4.42 Å². The summed E-state index contributed by atoms with van der Waals surface area (Å²) in [6, 6.07) is 73.3. The van der Waals surface area contributed by atoms with Crippen LogP contribution in [0.15, 0.2) is 205 Å². The van der Waals surface area contributed by atoms with Crippen molar-refractivity contribution in [2.24, 2.45) is 0 Å². The quantitative estimate of drug-likeness (QED) is 0.182. The minimum Gasteiger partial charge on any atom is -0.456 e. The lowest BCUT2D eigenvalue weighted by Gasteiger charge is -2.32. The summed E-state index contributed by atoms with van der Waals surface area (Å²) in [6.07, 6.45) is 0. The molecule has 256 valence electrons. The minimum atomic E-state index is -0.454. The van der Waals surface area contributed by atoms with Crippen LogP contribution in [0.3, 0.4) is 0 Å². The number of furan rings is 1. The van der Waals surface area contributed by atoms with Crippen LogP contribution in [0.2, 0.25) is 0 Å². The third-order valence-electron chi connectivity index (χ3n) is 12.1. The van der Waals surface area contributed by atoms with Gasteiger partial charge in [0.25, 0.3) is 0 Å². The molecule has 1 heterocycles. The van der Waals surface area contributed by atoms with Gasteiger partial charge in [-0.2, -0.15) is 0 Å². The predicted molar refractivity (Wildman–Crippen MR) is 228 cm³/mol. The predicted octanol–water partition coefficient (Wildman–Crippen LogP) is 14.2. The third kappa shape index (κ3) is 4.03. The van der Waals surface area contributed by atoms with Gasteiger partial charge >= 0.3 is 0 Å². The van der Waals surface area contributed by atoms with Gasteiger partial charge in [0.05, 0.1) is 27.9 Å². The average molecular weight is 700 g/mol. The van der Waals surface area contributed by atoms with E-state index in [9.17, 15) is 0 Å². The maximum Gasteiger partial charge on any atom is 0.137 e. The van der Waals surface area contributed by atoms with E-state index in [-0.39, 0.29) is 0 Å². The SMILES string of the molecule is c1ccc(N(c2cccc3c2-c2ccccc2C32c3ccccc3-c3ccccc32)c2cccc3oc4ccccc4c23)c(-c2cccc3ccccc23)c1. The Morgan fingerprint density at radius 2 is 0.818 bits per heavy atom. The van der Waals surface area contributed by atoms with Crippen LogP contribution in [0.25, 0.3) is 66.1 Å². The number of anilines is 3. The largest absolute Gasteiger partial charge is 0.456 e. The van der Waals surface area contributed by atoms with Gasteiger partial charge in [0.1, 0.15) is 11.2 Å². The zero-order chi connectivity index (χ0) is 36.1. The van der Waals surface area contributed by atoms with Crippen molar-refractivity contribution >= 4 is 49.8 Å². The number of para-hydroxylation sites is 2. The normalized spacial score (nSPS) is 13.2. The zero-order valence-corrected chi connectivity index (χ0v) is 29.9. The molecule has 2 aliphatic rings. The van der Waals surface area contributed by atoms with E-state index in [2.05, 4.69) is 205 Å². The lowest BCUT2D eigenvalue weighted by Crippen LogP contribution is -2.26. The molecule has 12 rings (SSSR count). The summed E-state index contributed by atoms with van der Waals surface area (Å²) in [5.74, 6) is 0. The van der Waals surface area contributed by atoms with Gasteiger partial charge in [0, 0.05) is 16.5 Å². The molecule has 0 amide bonds. The molecule has 55 heavy (non-hydrogen) atoms. The number of nitrogens with zero attached hydrogens (tertiary/aromatic N) is 1. The Morgan fingerprint density at radius 3 is 1.62 bits per heavy atom. The highest BCUT2D eigenvalue weighted by molar-refractivity contribution is 6.15. The molecule has 0 fully saturated rings. The van der Waals surface area contributed by atoms with E-state index < -0.39 is 5.41 Å². The van der Waals surface area contributed by atoms with Gasteiger partial charge in [-0.25, -0.2) is 0 Å². The van der Waals surface area contributed by atoms with Crippen molar-refractivity contribution < 1.29 is 4.42 Å². The van der Waals surface area contributed by atoms with Crippen molar-refractivity contribution in [2.45, 2.75) is 5.41 Å². The lowest BCUT2D eigenvalue weighted by molar-refractivity contribution is 0.669. The Morgan fingerprint density at radius 1 is 0.327 bits per heavy atom. The Kier molecular flexibility index (Phi) is 6.29. The van der Waals surface area contributed by atoms with Crippen LogP contribution in [-0.2, 0) is 5.41 Å². The van der Waals surface area contributed by atoms with E-state index in [1.54, 1.807) is 0 Å². The maximum absolute atomic E-state index is 6.56. The molecule has 0 atom stereocenters. The number of rotatable bonds is 4. The highest BCUT2D eigenvalue weighted by atomic mass is 16.3. The third-order valence-corrected chi connectivity index (χ3v) is 12.1. The van der Waals surface area contributed by atoms with Crippen LogP contribution >= 0.6 is 0 Å². The van der Waals surface area contributed by atoms with Crippen LogP contribution < -0.4 is 4.90 Å². The molecule has 0 radical (unpaired) electrons. The Bertz CT molecular complexity index is 3130. The number of fused-ring (bicyclic) bond motifs is 14. The molecule has 0 N–H and O–H groups in total. The summed E-state index contributed by atoms with van der Waals surface area (Å²) in [5, 5.41) is 4.65. The van der Waals surface area contributed by atoms with Gasteiger partial charge in [0.15, 0.2) is 0 Å². The summed E-state index contributed by atoms with van der Waals surface area (Å²) in [4.78, 5) is 2.52. The van der Waals surface area contributed by atoms with E-state index in [0.717, 1.165) is 39.0 Å². The average Bonchev–Trinajstić information content (AvgIpc) is 3.89. The maximum atomic E-state index is 6.56. The first kappa shape index (κ1) is 30.3. The summed E-state index contributed by atoms with van der Waals surface area (Å²) < 4.78 is 6.56. The fraction of sp³-hybridized carbons (Fsp3) is 0.0189. The highest BCUT2D eigenvalue weighted by Crippen LogP contribution is 2.65. The fourth-order valence-electron chi connectivity index (χ4n) is 10.00. The van der Waals surface area contributed by atoms with Crippen molar-refractivity contribution in [3.8, 4) is 33.4 Å². The molecule has 0 bridgehead atoms. The first-order valence-corrected chi connectivity index (χ1v) is 19.0. The fourth-order valence-corrected chi connectivity index (χ4v) is 10.00. The lowest BCUT2D eigenvalue weighted by atomic mass is 9.70. The molecule has 1 aromatic heterocycles. The molecule has 10 aromatic rings. The van der Waals surface area contributed by atoms with E-state index in [1.165, 1.54) is 66.4 Å². The van der Waals surface area contributed by atoms with Crippen molar-refractivity contribution in [3.05, 3.63) is 222 Å². The molecular weight excluding hydrogens is 667 g/mol. The number of hydrogen-bond acceptors (Lipinski definition) is 2. The second-order valence-electron chi connectivity index (χ2n) is 14.7. The van der Waals surface area contributed by atoms with Crippen molar-refractivity contribution in [1.82, 2.24) is 0 Å². The summed E-state index contributed by atoms with van der Waals surface area (Å²) in [5.41, 5.74) is 17.4. The smallest absolute Gasteiger partial charge is 0.137 e. The Labute approximate surface area is 319 Å². The van der Waals surface area contributed by atoms with Gasteiger partial charge in [-0.1, -0.05) is 170 Å². The van der Waals surface area contributed by atoms with Gasteiger partial charge < -0.3 is 9.32 Å². The van der Waals surface area contributed by atoms with Gasteiger partial charge in [-0.3, -0.25) is 0 Å². The van der Waals surface area contributed by atoms with Crippen molar-refractivity contribution in [2.75, 3.05) is 4.90 Å². The second kappa shape index (κ2) is 11.4. The van der Waals surface area contributed by atoms with Crippen LogP contribution in [0.5, 0.6) is 0 Å². The second-order valence-corrected chi connectivity index (χ2v) is 14.7. The number of hydrogen-bond donors (Lipinski definition) is 0. The highest BCUT2D eigenvalue weighted by Gasteiger charge is 2.52. The standard InChI is InChI=1S/C53H33NO/c1-2-18-35-34(16-1)17-13-24-36(35)39-21-6-11-29-46(39)54(48-31-15-33-50-52(48)41-23-7-12-32-49(41)55-50)47-30-14-28-45-51(47)40-22-5-10-27-44(40)53(45)42-25-8-3-19-37(42)38-20-4-9-26-43(38)53/h1-33H. The monoisotopic (exact) mass is 699 g/mol. The van der Waals surface area contributed by atoms with Gasteiger partial charge in [0.2, 0.25) is 0 Å². The van der Waals surface area contributed by atoms with Crippen LogP contribution in [0.1, 0.15) is 22.3 Å². The summed E-state index contributed by atoms with van der Waals surface area (Å²) in [7, 11) is 0. The molecule has 9 aromatic carbocycles. The first-order valence-electron chi connectivity index (χ1n) is 19.0. The topological polar surface area (TPSA) is 16.4 Å². The summed E-state index contributed by atoms with van der Waals surface area (Å²) >= 11 is 0. The molecule has 0 aliphatic heterocycles. The van der Waals surface area contributed by atoms with Crippen LogP contribution in [0, 0.1) is 0 Å². The molecule has 1 spiro atoms. The number of benzene rings is 9. The molecule has 2 nitrogen and oxygen atoms in total. The van der Waals surface area contributed by atoms with Crippen LogP contribution in [-0.4, -0.2) is 0 Å². The Hall–Kier alpha value is -7.16. The molecule has 2 aliphatic carbocycles. The first-order chi connectivity index (χ1) is 27.3. The molecule has 0 saturated carbocycles. The van der Waals surface area contributed by atoms with Gasteiger partial charge in [-0.15, -0.1) is 0 Å². The van der Waals surface area contributed by atoms with Crippen LogP contribution in [0.4, 0.5) is 17.1 Å². The van der Waals surface area contributed by atoms with Crippen molar-refractivity contribution in [3.63, 3.8) is 0 Å². The molecule has 0 saturated heterocycles. The van der Waals surface area contributed by atoms with E-state index >= 15 is 0 Å². The summed E-state index contributed by atoms with van der Waals surface area (Å²) in [6.45, 7) is 0. The van der Waals surface area contributed by atoms with Crippen molar-refractivity contribution in [1.29, 1.82) is 0 Å². The zero-order valence-electron chi connectivity index (χ0n) is 29.9. The van der Waals surface area contributed by atoms with Gasteiger partial charge in [-0.05, 0) is 85.6 Å². The van der Waals surface area contributed by atoms with E-state index in [1.807, 2.05) is 0 Å². The van der Waals surface area contributed by atoms with E-state index in [0.29, 0.717) is 0 Å².